The van der Waals surface area contributed by atoms with E-state index in [0.29, 0.717) is 16.7 Å². The topological polar surface area (TPSA) is 133 Å². The third-order valence-electron chi connectivity index (χ3n) is 6.66. The van der Waals surface area contributed by atoms with Crippen molar-refractivity contribution in [3.63, 3.8) is 0 Å². The van der Waals surface area contributed by atoms with Gasteiger partial charge in [0.1, 0.15) is 5.75 Å². The van der Waals surface area contributed by atoms with Crippen molar-refractivity contribution in [2.24, 2.45) is 5.14 Å². The first-order valence-corrected chi connectivity index (χ1v) is 13.4. The smallest absolute Gasteiger partial charge is 0.263 e. The SMILES string of the molecule is CC(Oc1ccc2c(c1)c1ccnc3c4ccccc4c(=O)n2c13)C(=O)NCc1ccc(S(N)(=O)=O)cc1. The van der Waals surface area contributed by atoms with Crippen molar-refractivity contribution in [3.05, 3.63) is 94.9 Å². The van der Waals surface area contributed by atoms with Crippen LogP contribution in [0.1, 0.15) is 12.5 Å². The zero-order valence-electron chi connectivity index (χ0n) is 20.2. The number of benzene rings is 3. The third-order valence-corrected chi connectivity index (χ3v) is 7.59. The Bertz CT molecular complexity index is 2040. The Balaban J connectivity index is 1.28. The van der Waals surface area contributed by atoms with Gasteiger partial charge in [0.15, 0.2) is 6.10 Å². The molecule has 0 bridgehead atoms. The van der Waals surface area contributed by atoms with Gasteiger partial charge in [-0.2, -0.15) is 0 Å². The highest BCUT2D eigenvalue weighted by molar-refractivity contribution is 7.89. The Labute approximate surface area is 216 Å². The summed E-state index contributed by atoms with van der Waals surface area (Å²) >= 11 is 0. The fourth-order valence-corrected chi connectivity index (χ4v) is 5.32. The van der Waals surface area contributed by atoms with Crippen LogP contribution in [-0.4, -0.2) is 29.8 Å². The van der Waals surface area contributed by atoms with Crippen LogP contribution in [0, 0.1) is 0 Å². The molecule has 0 spiro atoms. The molecule has 3 heterocycles. The van der Waals surface area contributed by atoms with Gasteiger partial charge in [-0.25, -0.2) is 13.6 Å². The minimum Gasteiger partial charge on any atom is -0.481 e. The normalized spacial score (nSPS) is 12.9. The first kappa shape index (κ1) is 23.8. The van der Waals surface area contributed by atoms with Crippen molar-refractivity contribution >= 4 is 54.0 Å². The molecule has 0 aliphatic rings. The number of amides is 1. The Morgan fingerprint density at radius 3 is 2.47 bits per heavy atom. The van der Waals surface area contributed by atoms with E-state index in [1.54, 1.807) is 41.8 Å². The van der Waals surface area contributed by atoms with E-state index in [9.17, 15) is 18.0 Å². The summed E-state index contributed by atoms with van der Waals surface area (Å²) in [7, 11) is -3.78. The summed E-state index contributed by atoms with van der Waals surface area (Å²) in [5, 5.41) is 11.0. The van der Waals surface area contributed by atoms with E-state index < -0.39 is 16.1 Å². The van der Waals surface area contributed by atoms with Crippen LogP contribution in [0.25, 0.3) is 38.1 Å². The number of sulfonamides is 1. The maximum absolute atomic E-state index is 13.4. The van der Waals surface area contributed by atoms with Gasteiger partial charge in [-0.05, 0) is 55.0 Å². The predicted molar refractivity (Wildman–Crippen MR) is 145 cm³/mol. The number of ether oxygens (including phenoxy) is 1. The van der Waals surface area contributed by atoms with Gasteiger partial charge in [-0.3, -0.25) is 19.0 Å². The van der Waals surface area contributed by atoms with Crippen molar-refractivity contribution in [1.29, 1.82) is 0 Å². The molecule has 3 aromatic carbocycles. The summed E-state index contributed by atoms with van der Waals surface area (Å²) in [4.78, 5) is 30.7. The van der Waals surface area contributed by atoms with E-state index in [1.165, 1.54) is 12.1 Å². The molecule has 9 nitrogen and oxygen atoms in total. The minimum absolute atomic E-state index is 0.00451. The summed E-state index contributed by atoms with van der Waals surface area (Å²) < 4.78 is 30.4. The summed E-state index contributed by atoms with van der Waals surface area (Å²) in [5.74, 6) is 0.150. The van der Waals surface area contributed by atoms with Crippen LogP contribution in [-0.2, 0) is 21.4 Å². The number of aromatic nitrogens is 2. The molecule has 0 aliphatic heterocycles. The van der Waals surface area contributed by atoms with Gasteiger partial charge in [-0.15, -0.1) is 0 Å². The molecule has 0 saturated carbocycles. The second-order valence-corrected chi connectivity index (χ2v) is 10.6. The van der Waals surface area contributed by atoms with Gasteiger partial charge in [-0.1, -0.05) is 30.3 Å². The first-order chi connectivity index (χ1) is 18.2. The molecule has 0 saturated heterocycles. The Hall–Kier alpha value is -4.54. The lowest BCUT2D eigenvalue weighted by molar-refractivity contribution is -0.127. The van der Waals surface area contributed by atoms with Crippen LogP contribution >= 0.6 is 0 Å². The number of nitrogens with one attached hydrogen (secondary N) is 1. The van der Waals surface area contributed by atoms with Crippen LogP contribution in [0.5, 0.6) is 5.75 Å². The number of carbonyl (C=O) groups is 1. The number of rotatable bonds is 6. The van der Waals surface area contributed by atoms with Gasteiger partial charge in [0.2, 0.25) is 10.0 Å². The summed E-state index contributed by atoms with van der Waals surface area (Å²) in [5.41, 5.74) is 2.84. The molecule has 190 valence electrons. The monoisotopic (exact) mass is 526 g/mol. The van der Waals surface area contributed by atoms with E-state index in [0.717, 1.165) is 32.7 Å². The summed E-state index contributed by atoms with van der Waals surface area (Å²) in [6, 6.07) is 20.7. The van der Waals surface area contributed by atoms with Crippen LogP contribution in [0.4, 0.5) is 0 Å². The molecule has 6 aromatic rings. The van der Waals surface area contributed by atoms with Crippen molar-refractivity contribution in [1.82, 2.24) is 14.7 Å². The number of hydrogen-bond donors (Lipinski definition) is 2. The van der Waals surface area contributed by atoms with Gasteiger partial charge in [0.05, 0.1) is 21.4 Å². The second kappa shape index (κ2) is 8.79. The first-order valence-electron chi connectivity index (χ1n) is 11.9. The zero-order valence-corrected chi connectivity index (χ0v) is 21.0. The highest BCUT2D eigenvalue weighted by Gasteiger charge is 2.20. The molecule has 0 aliphatic carbocycles. The molecule has 1 atom stereocenters. The Morgan fingerprint density at radius 1 is 1.00 bits per heavy atom. The highest BCUT2D eigenvalue weighted by Crippen LogP contribution is 2.34. The van der Waals surface area contributed by atoms with Gasteiger partial charge in [0, 0.05) is 34.3 Å². The van der Waals surface area contributed by atoms with Crippen molar-refractivity contribution in [2.75, 3.05) is 0 Å². The number of nitrogens with zero attached hydrogens (tertiary/aromatic N) is 2. The quantitative estimate of drug-likeness (QED) is 0.320. The molecule has 10 heteroatoms. The lowest BCUT2D eigenvalue weighted by Gasteiger charge is -2.15. The second-order valence-electron chi connectivity index (χ2n) is 9.09. The average molecular weight is 527 g/mol. The van der Waals surface area contributed by atoms with E-state index in [-0.39, 0.29) is 22.9 Å². The standard InChI is InChI=1S/C28H22N4O5S/c1-16(27(33)31-15-17-6-9-19(10-7-17)38(29,35)36)37-18-8-11-24-23(14-18)21-12-13-30-25-20-4-2-3-5-22(20)28(34)32(24)26(21)25/h2-14,16H,15H2,1H3,(H,31,33)(H2,29,35,36). The number of pyridine rings is 2. The molecule has 0 radical (unpaired) electrons. The van der Waals surface area contributed by atoms with Crippen molar-refractivity contribution < 1.29 is 17.9 Å². The molecule has 3 N–H and O–H groups in total. The average Bonchev–Trinajstić information content (AvgIpc) is 3.25. The Morgan fingerprint density at radius 2 is 1.74 bits per heavy atom. The van der Waals surface area contributed by atoms with Crippen LogP contribution < -0.4 is 20.8 Å². The molecule has 1 amide bonds. The number of carbonyl (C=O) groups excluding carboxylic acids is 1. The summed E-state index contributed by atoms with van der Waals surface area (Å²) in [6.45, 7) is 1.84. The maximum atomic E-state index is 13.4. The lowest BCUT2D eigenvalue weighted by atomic mass is 10.1. The molecule has 3 aromatic heterocycles. The number of nitrogens with two attached hydrogens (primary N) is 1. The fourth-order valence-electron chi connectivity index (χ4n) is 4.81. The fraction of sp³-hybridized carbons (Fsp3) is 0.107. The molecular formula is C28H22N4O5S. The van der Waals surface area contributed by atoms with Crippen molar-refractivity contribution in [3.8, 4) is 5.75 Å². The predicted octanol–water partition coefficient (Wildman–Crippen LogP) is 3.32. The number of fused-ring (bicyclic) bond motifs is 5. The van der Waals surface area contributed by atoms with Crippen molar-refractivity contribution in [2.45, 2.75) is 24.5 Å². The highest BCUT2D eigenvalue weighted by atomic mass is 32.2. The van der Waals surface area contributed by atoms with Crippen LogP contribution in [0.3, 0.4) is 0 Å². The summed E-state index contributed by atoms with van der Waals surface area (Å²) in [6.07, 6.45) is 0.927. The third kappa shape index (κ3) is 3.90. The Kier molecular flexibility index (Phi) is 5.51. The van der Waals surface area contributed by atoms with Gasteiger partial charge in [0.25, 0.3) is 11.5 Å². The molecule has 6 rings (SSSR count). The number of hydrogen-bond acceptors (Lipinski definition) is 6. The number of primary sulfonamides is 1. The van der Waals surface area contributed by atoms with Crippen LogP contribution in [0.15, 0.2) is 88.7 Å². The molecule has 38 heavy (non-hydrogen) atoms. The lowest BCUT2D eigenvalue weighted by Crippen LogP contribution is -2.35. The minimum atomic E-state index is -3.78. The van der Waals surface area contributed by atoms with E-state index in [4.69, 9.17) is 9.88 Å². The zero-order chi connectivity index (χ0) is 26.6. The maximum Gasteiger partial charge on any atom is 0.263 e. The van der Waals surface area contributed by atoms with E-state index >= 15 is 0 Å². The molecular weight excluding hydrogens is 504 g/mol. The molecule has 1 unspecified atom stereocenters. The van der Waals surface area contributed by atoms with E-state index in [1.807, 2.05) is 36.4 Å². The molecule has 0 fully saturated rings. The van der Waals surface area contributed by atoms with E-state index in [2.05, 4.69) is 10.3 Å². The van der Waals surface area contributed by atoms with Gasteiger partial charge < -0.3 is 10.1 Å². The van der Waals surface area contributed by atoms with Crippen LogP contribution in [0.2, 0.25) is 0 Å². The van der Waals surface area contributed by atoms with Gasteiger partial charge >= 0.3 is 0 Å². The largest absolute Gasteiger partial charge is 0.481 e.